The Labute approximate surface area is 236 Å². The lowest BCUT2D eigenvalue weighted by atomic mass is 9.98. The normalized spacial score (nSPS) is 12.7. The number of hydrogen-bond acceptors (Lipinski definition) is 2. The number of fused-ring (bicyclic) bond motifs is 4. The van der Waals surface area contributed by atoms with Crippen LogP contribution >= 0.6 is 0 Å². The molecule has 3 nitrogen and oxygen atoms in total. The quantitative estimate of drug-likeness (QED) is 0.257. The summed E-state index contributed by atoms with van der Waals surface area (Å²) in [6, 6.07) is 42.6. The Morgan fingerprint density at radius 2 is 1.12 bits per heavy atom. The van der Waals surface area contributed by atoms with Gasteiger partial charge in [-0.3, -0.25) is 9.97 Å². The highest BCUT2D eigenvalue weighted by Crippen LogP contribution is 2.29. The molecule has 3 aromatic heterocycles. The molecule has 3 heteroatoms. The summed E-state index contributed by atoms with van der Waals surface area (Å²) < 4.78 is 0. The average molecular weight is 524 g/mol. The topological polar surface area (TPSA) is 41.6 Å². The molecular formula is C38H25N3. The first-order chi connectivity index (χ1) is 20.3. The van der Waals surface area contributed by atoms with Crippen LogP contribution in [-0.2, 0) is 0 Å². The lowest BCUT2D eigenvalue weighted by molar-refractivity contribution is 1.26. The van der Waals surface area contributed by atoms with Crippen molar-refractivity contribution in [1.29, 1.82) is 0 Å². The summed E-state index contributed by atoms with van der Waals surface area (Å²) in [6.45, 7) is 0. The molecule has 0 amide bonds. The summed E-state index contributed by atoms with van der Waals surface area (Å²) in [7, 11) is 0. The Kier molecular flexibility index (Phi) is 5.46. The molecular weight excluding hydrogens is 498 g/mol. The van der Waals surface area contributed by atoms with Crippen LogP contribution in [0.3, 0.4) is 0 Å². The van der Waals surface area contributed by atoms with Gasteiger partial charge in [0.25, 0.3) is 0 Å². The smallest absolute Gasteiger partial charge is 0.0728 e. The Bertz CT molecular complexity index is 2380. The average Bonchev–Trinajstić information content (AvgIpc) is 3.37. The first kappa shape index (κ1) is 23.4. The largest absolute Gasteiger partial charge is 0.354 e. The SMILES string of the molecule is C(c1cc(-c2cc3ccccc3cn2)cc2ccccc12)=c1[nH]c(=Cc2nccc3ccccc23)c2ccccc12. The maximum absolute atomic E-state index is 4.82. The highest BCUT2D eigenvalue weighted by atomic mass is 14.7. The molecule has 0 aliphatic heterocycles. The van der Waals surface area contributed by atoms with E-state index in [1.54, 1.807) is 0 Å². The van der Waals surface area contributed by atoms with Crippen LogP contribution in [-0.4, -0.2) is 15.0 Å². The first-order valence-corrected chi connectivity index (χ1v) is 13.8. The summed E-state index contributed by atoms with van der Waals surface area (Å²) in [5.74, 6) is 0. The van der Waals surface area contributed by atoms with E-state index in [1.807, 2.05) is 12.4 Å². The third-order valence-corrected chi connectivity index (χ3v) is 7.88. The van der Waals surface area contributed by atoms with Crippen molar-refractivity contribution in [2.45, 2.75) is 0 Å². The van der Waals surface area contributed by atoms with Crippen molar-refractivity contribution in [1.82, 2.24) is 15.0 Å². The van der Waals surface area contributed by atoms with Crippen LogP contribution < -0.4 is 10.7 Å². The van der Waals surface area contributed by atoms with Gasteiger partial charge in [-0.05, 0) is 63.5 Å². The van der Waals surface area contributed by atoms with Gasteiger partial charge in [-0.25, -0.2) is 0 Å². The number of nitrogens with one attached hydrogen (secondary N) is 1. The molecule has 0 spiro atoms. The summed E-state index contributed by atoms with van der Waals surface area (Å²) in [5, 5.41) is 11.5. The van der Waals surface area contributed by atoms with Crippen LogP contribution in [0.25, 0.3) is 66.5 Å². The molecule has 0 bridgehead atoms. The van der Waals surface area contributed by atoms with Crippen LogP contribution in [0, 0.1) is 0 Å². The van der Waals surface area contributed by atoms with Gasteiger partial charge in [0.1, 0.15) is 0 Å². The molecule has 0 saturated heterocycles. The summed E-state index contributed by atoms with van der Waals surface area (Å²) in [6.07, 6.45) is 8.27. The fourth-order valence-electron chi connectivity index (χ4n) is 5.86. The number of aromatic amines is 1. The Balaban J connectivity index is 1.36. The zero-order chi connectivity index (χ0) is 27.2. The van der Waals surface area contributed by atoms with Crippen LogP contribution in [0.2, 0.25) is 0 Å². The molecule has 41 heavy (non-hydrogen) atoms. The van der Waals surface area contributed by atoms with Crippen molar-refractivity contribution in [2.75, 3.05) is 0 Å². The van der Waals surface area contributed by atoms with Crippen LogP contribution in [0.15, 0.2) is 134 Å². The van der Waals surface area contributed by atoms with E-state index in [-0.39, 0.29) is 0 Å². The molecule has 0 fully saturated rings. The molecule has 192 valence electrons. The second-order valence-corrected chi connectivity index (χ2v) is 10.4. The van der Waals surface area contributed by atoms with E-state index in [9.17, 15) is 0 Å². The van der Waals surface area contributed by atoms with Crippen LogP contribution in [0.1, 0.15) is 11.3 Å². The van der Waals surface area contributed by atoms with E-state index in [0.29, 0.717) is 0 Å². The standard InChI is InChI=1S/C38H25N3/c1-2-12-28-24-40-35(21-26(28)10-1)30-19-27-11-4-5-13-31(27)29(20-30)22-37-33-15-7-8-16-34(33)38(41-37)23-36-32-14-6-3-9-25(32)17-18-39-36/h1-24,41H. The van der Waals surface area contributed by atoms with Gasteiger partial charge in [-0.2, -0.15) is 0 Å². The predicted octanol–water partition coefficient (Wildman–Crippen LogP) is 7.74. The molecule has 3 heterocycles. The number of benzene rings is 5. The highest BCUT2D eigenvalue weighted by molar-refractivity contribution is 5.97. The van der Waals surface area contributed by atoms with Gasteiger partial charge in [0.2, 0.25) is 0 Å². The summed E-state index contributed by atoms with van der Waals surface area (Å²) in [5.41, 5.74) is 4.17. The van der Waals surface area contributed by atoms with E-state index >= 15 is 0 Å². The van der Waals surface area contributed by atoms with Crippen molar-refractivity contribution in [2.24, 2.45) is 0 Å². The Morgan fingerprint density at radius 1 is 0.488 bits per heavy atom. The van der Waals surface area contributed by atoms with Gasteiger partial charge < -0.3 is 4.98 Å². The molecule has 0 saturated carbocycles. The van der Waals surface area contributed by atoms with Gasteiger partial charge in [0.05, 0.1) is 11.4 Å². The predicted molar refractivity (Wildman–Crippen MR) is 171 cm³/mol. The van der Waals surface area contributed by atoms with Crippen molar-refractivity contribution in [3.05, 3.63) is 156 Å². The van der Waals surface area contributed by atoms with Gasteiger partial charge in [0, 0.05) is 50.2 Å². The third-order valence-electron chi connectivity index (χ3n) is 7.88. The molecule has 5 aromatic carbocycles. The Morgan fingerprint density at radius 3 is 1.93 bits per heavy atom. The fourth-order valence-corrected chi connectivity index (χ4v) is 5.86. The van der Waals surface area contributed by atoms with Gasteiger partial charge >= 0.3 is 0 Å². The minimum absolute atomic E-state index is 0.955. The molecule has 0 aliphatic carbocycles. The number of H-pyrrole nitrogens is 1. The number of pyridine rings is 2. The summed E-state index contributed by atoms with van der Waals surface area (Å²) in [4.78, 5) is 13.3. The first-order valence-electron chi connectivity index (χ1n) is 13.8. The molecule has 0 aliphatic rings. The van der Waals surface area contributed by atoms with Crippen molar-refractivity contribution >= 4 is 55.2 Å². The zero-order valence-electron chi connectivity index (χ0n) is 22.3. The van der Waals surface area contributed by atoms with Gasteiger partial charge in [0.15, 0.2) is 0 Å². The fraction of sp³-hybridized carbons (Fsp3) is 0. The molecule has 8 aromatic rings. The molecule has 0 atom stereocenters. The van der Waals surface area contributed by atoms with Gasteiger partial charge in [-0.15, -0.1) is 0 Å². The third kappa shape index (κ3) is 4.16. The zero-order valence-corrected chi connectivity index (χ0v) is 22.3. The lowest BCUT2D eigenvalue weighted by Crippen LogP contribution is -2.10. The number of nitrogens with zero attached hydrogens (tertiary/aromatic N) is 2. The second kappa shape index (κ2) is 9.58. The molecule has 0 radical (unpaired) electrons. The molecule has 1 N–H and O–H groups in total. The minimum Gasteiger partial charge on any atom is -0.354 e. The summed E-state index contributed by atoms with van der Waals surface area (Å²) >= 11 is 0. The number of hydrogen-bond donors (Lipinski definition) is 1. The van der Waals surface area contributed by atoms with Crippen molar-refractivity contribution < 1.29 is 0 Å². The highest BCUT2D eigenvalue weighted by Gasteiger charge is 2.09. The maximum atomic E-state index is 4.82. The molecule has 8 rings (SSSR count). The lowest BCUT2D eigenvalue weighted by Gasteiger charge is -2.09. The van der Waals surface area contributed by atoms with E-state index in [1.165, 1.54) is 32.3 Å². The minimum atomic E-state index is 0.955. The van der Waals surface area contributed by atoms with E-state index in [0.717, 1.165) is 44.0 Å². The van der Waals surface area contributed by atoms with Gasteiger partial charge in [-0.1, -0.05) is 97.1 Å². The monoisotopic (exact) mass is 523 g/mol. The van der Waals surface area contributed by atoms with E-state index < -0.39 is 0 Å². The molecule has 0 unspecified atom stereocenters. The van der Waals surface area contributed by atoms with Crippen molar-refractivity contribution in [3.8, 4) is 11.3 Å². The van der Waals surface area contributed by atoms with Crippen molar-refractivity contribution in [3.63, 3.8) is 0 Å². The number of rotatable bonds is 3. The maximum Gasteiger partial charge on any atom is 0.0728 e. The van der Waals surface area contributed by atoms with Crippen LogP contribution in [0.4, 0.5) is 0 Å². The second-order valence-electron chi connectivity index (χ2n) is 10.4. The van der Waals surface area contributed by atoms with Crippen LogP contribution in [0.5, 0.6) is 0 Å². The van der Waals surface area contributed by atoms with E-state index in [4.69, 9.17) is 9.97 Å². The number of aromatic nitrogens is 3. The van der Waals surface area contributed by atoms with E-state index in [2.05, 4.69) is 138 Å². The Hall–Kier alpha value is -5.54.